The minimum absolute atomic E-state index is 0.000794. The summed E-state index contributed by atoms with van der Waals surface area (Å²) in [5, 5.41) is 0. The molecule has 0 amide bonds. The zero-order valence-corrected chi connectivity index (χ0v) is 18.7. The van der Waals surface area contributed by atoms with Gasteiger partial charge in [-0.1, -0.05) is 35.9 Å². The molecule has 0 saturated carbocycles. The van der Waals surface area contributed by atoms with Crippen molar-refractivity contribution in [2.75, 3.05) is 20.3 Å². The number of sulfonamides is 1. The first-order valence-corrected chi connectivity index (χ1v) is 11.4. The SMILES string of the molecule is COCCN(Cc1cccn1Cc1ccc(C)cc1)S(=O)(=O)c1cccc(C(F)(F)F)c1. The average Bonchev–Trinajstić information content (AvgIpc) is 3.18. The Bertz CT molecular complexity index is 1140. The Morgan fingerprint density at radius 1 is 1.03 bits per heavy atom. The smallest absolute Gasteiger partial charge is 0.383 e. The number of aryl methyl sites for hydroxylation is 1. The van der Waals surface area contributed by atoms with E-state index in [9.17, 15) is 21.6 Å². The Morgan fingerprint density at radius 2 is 1.75 bits per heavy atom. The fourth-order valence-electron chi connectivity index (χ4n) is 3.28. The van der Waals surface area contributed by atoms with Crippen molar-refractivity contribution in [1.82, 2.24) is 8.87 Å². The molecule has 0 aliphatic carbocycles. The van der Waals surface area contributed by atoms with Crippen LogP contribution in [-0.2, 0) is 34.0 Å². The van der Waals surface area contributed by atoms with Gasteiger partial charge in [0.2, 0.25) is 10.0 Å². The summed E-state index contributed by atoms with van der Waals surface area (Å²) in [5.74, 6) is 0. The molecule has 0 bridgehead atoms. The number of alkyl halides is 3. The fraction of sp³-hybridized carbons (Fsp3) is 0.304. The molecule has 3 rings (SSSR count). The van der Waals surface area contributed by atoms with Crippen LogP contribution in [0, 0.1) is 6.92 Å². The minimum atomic E-state index is -4.63. The van der Waals surface area contributed by atoms with E-state index in [-0.39, 0.29) is 19.7 Å². The van der Waals surface area contributed by atoms with Crippen LogP contribution in [0.1, 0.15) is 22.4 Å². The number of hydrogen-bond acceptors (Lipinski definition) is 3. The van der Waals surface area contributed by atoms with E-state index in [4.69, 9.17) is 4.74 Å². The normalized spacial score (nSPS) is 12.4. The number of hydrogen-bond donors (Lipinski definition) is 0. The van der Waals surface area contributed by atoms with E-state index in [1.54, 1.807) is 6.07 Å². The Kier molecular flexibility index (Phi) is 7.43. The molecule has 2 aromatic carbocycles. The molecule has 0 atom stereocenters. The molecular formula is C23H25F3N2O3S. The van der Waals surface area contributed by atoms with Crippen molar-refractivity contribution >= 4 is 10.0 Å². The summed E-state index contributed by atoms with van der Waals surface area (Å²) in [6.45, 7) is 2.66. The molecule has 0 fully saturated rings. The third-order valence-corrected chi connectivity index (χ3v) is 6.92. The zero-order chi connectivity index (χ0) is 23.4. The molecule has 0 unspecified atom stereocenters. The maximum Gasteiger partial charge on any atom is 0.416 e. The molecule has 0 aliphatic heterocycles. The molecule has 0 aliphatic rings. The summed E-state index contributed by atoms with van der Waals surface area (Å²) in [4.78, 5) is -0.403. The van der Waals surface area contributed by atoms with Gasteiger partial charge in [-0.05, 0) is 42.8 Å². The second-order valence-corrected chi connectivity index (χ2v) is 9.41. The Hall–Kier alpha value is -2.62. The van der Waals surface area contributed by atoms with Gasteiger partial charge in [0.05, 0.1) is 23.6 Å². The molecule has 1 aromatic heterocycles. The van der Waals surface area contributed by atoms with Crippen LogP contribution in [0.5, 0.6) is 0 Å². The van der Waals surface area contributed by atoms with Crippen molar-refractivity contribution in [2.45, 2.75) is 31.1 Å². The third-order valence-electron chi connectivity index (χ3n) is 5.08. The number of halogens is 3. The fourth-order valence-corrected chi connectivity index (χ4v) is 4.72. The topological polar surface area (TPSA) is 51.5 Å². The molecule has 32 heavy (non-hydrogen) atoms. The van der Waals surface area contributed by atoms with Crippen LogP contribution in [0.15, 0.2) is 71.8 Å². The van der Waals surface area contributed by atoms with E-state index < -0.39 is 26.7 Å². The van der Waals surface area contributed by atoms with Crippen LogP contribution in [0.2, 0.25) is 0 Å². The number of rotatable bonds is 9. The van der Waals surface area contributed by atoms with Crippen LogP contribution < -0.4 is 0 Å². The summed E-state index contributed by atoms with van der Waals surface area (Å²) in [5.41, 5.74) is 1.90. The van der Waals surface area contributed by atoms with Gasteiger partial charge in [0.1, 0.15) is 0 Å². The highest BCUT2D eigenvalue weighted by atomic mass is 32.2. The second-order valence-electron chi connectivity index (χ2n) is 7.47. The number of nitrogens with zero attached hydrogens (tertiary/aromatic N) is 2. The second kappa shape index (κ2) is 9.89. The van der Waals surface area contributed by atoms with Gasteiger partial charge in [-0.15, -0.1) is 0 Å². The minimum Gasteiger partial charge on any atom is -0.383 e. The molecule has 0 N–H and O–H groups in total. The first-order chi connectivity index (χ1) is 15.1. The van der Waals surface area contributed by atoms with E-state index in [0.29, 0.717) is 12.6 Å². The maximum absolute atomic E-state index is 13.2. The van der Waals surface area contributed by atoms with Gasteiger partial charge in [0.25, 0.3) is 0 Å². The van der Waals surface area contributed by atoms with Gasteiger partial charge < -0.3 is 9.30 Å². The molecule has 172 valence electrons. The first-order valence-electron chi connectivity index (χ1n) is 9.97. The number of ether oxygens (including phenoxy) is 1. The molecule has 5 nitrogen and oxygen atoms in total. The summed E-state index contributed by atoms with van der Waals surface area (Å²) in [7, 11) is -2.75. The molecule has 0 radical (unpaired) electrons. The average molecular weight is 467 g/mol. The Labute approximate surface area is 186 Å². The van der Waals surface area contributed by atoms with Crippen molar-refractivity contribution in [3.63, 3.8) is 0 Å². The van der Waals surface area contributed by atoms with Crippen LogP contribution in [-0.4, -0.2) is 37.6 Å². The summed E-state index contributed by atoms with van der Waals surface area (Å²) in [6, 6.07) is 15.4. The van der Waals surface area contributed by atoms with Crippen molar-refractivity contribution in [2.24, 2.45) is 0 Å². The quantitative estimate of drug-likeness (QED) is 0.459. The summed E-state index contributed by atoms with van der Waals surface area (Å²) >= 11 is 0. The van der Waals surface area contributed by atoms with E-state index in [0.717, 1.165) is 33.3 Å². The van der Waals surface area contributed by atoms with Crippen molar-refractivity contribution < 1.29 is 26.3 Å². The van der Waals surface area contributed by atoms with E-state index >= 15 is 0 Å². The summed E-state index contributed by atoms with van der Waals surface area (Å²) < 4.78 is 74.0. The van der Waals surface area contributed by atoms with Crippen LogP contribution >= 0.6 is 0 Å². The predicted molar refractivity (Wildman–Crippen MR) is 116 cm³/mol. The molecule has 0 spiro atoms. The van der Waals surface area contributed by atoms with E-state index in [2.05, 4.69) is 0 Å². The number of aromatic nitrogens is 1. The van der Waals surface area contributed by atoms with Crippen molar-refractivity contribution in [1.29, 1.82) is 0 Å². The van der Waals surface area contributed by atoms with Crippen LogP contribution in [0.3, 0.4) is 0 Å². The highest BCUT2D eigenvalue weighted by Gasteiger charge is 2.33. The van der Waals surface area contributed by atoms with Gasteiger partial charge >= 0.3 is 6.18 Å². The highest BCUT2D eigenvalue weighted by molar-refractivity contribution is 7.89. The third kappa shape index (κ3) is 5.79. The lowest BCUT2D eigenvalue weighted by Gasteiger charge is -2.23. The first kappa shape index (κ1) is 24.0. The van der Waals surface area contributed by atoms with Crippen LogP contribution in [0.4, 0.5) is 13.2 Å². The molecular weight excluding hydrogens is 441 g/mol. The Balaban J connectivity index is 1.89. The van der Waals surface area contributed by atoms with Crippen molar-refractivity contribution in [3.8, 4) is 0 Å². The lowest BCUT2D eigenvalue weighted by atomic mass is 10.1. The van der Waals surface area contributed by atoms with Gasteiger partial charge in [-0.25, -0.2) is 8.42 Å². The maximum atomic E-state index is 13.2. The van der Waals surface area contributed by atoms with Gasteiger partial charge in [-0.3, -0.25) is 0 Å². The van der Waals surface area contributed by atoms with Crippen molar-refractivity contribution in [3.05, 3.63) is 89.2 Å². The molecule has 9 heteroatoms. The Morgan fingerprint density at radius 3 is 2.41 bits per heavy atom. The van der Waals surface area contributed by atoms with E-state index in [1.807, 2.05) is 48.0 Å². The highest BCUT2D eigenvalue weighted by Crippen LogP contribution is 2.31. The molecule has 0 saturated heterocycles. The molecule has 1 heterocycles. The van der Waals surface area contributed by atoms with Crippen LogP contribution in [0.25, 0.3) is 0 Å². The number of methoxy groups -OCH3 is 1. The van der Waals surface area contributed by atoms with Gasteiger partial charge in [0.15, 0.2) is 0 Å². The van der Waals surface area contributed by atoms with Gasteiger partial charge in [-0.2, -0.15) is 17.5 Å². The lowest BCUT2D eigenvalue weighted by molar-refractivity contribution is -0.137. The lowest BCUT2D eigenvalue weighted by Crippen LogP contribution is -2.34. The van der Waals surface area contributed by atoms with Gasteiger partial charge in [0, 0.05) is 32.1 Å². The standard InChI is InChI=1S/C23H25F3N2O3S/c1-18-8-10-19(11-9-18)16-27-12-4-6-21(27)17-28(13-14-31-2)32(29,30)22-7-3-5-20(15-22)23(24,25)26/h3-12,15H,13-14,16-17H2,1-2H3. The largest absolute Gasteiger partial charge is 0.416 e. The summed E-state index contributed by atoms with van der Waals surface area (Å²) in [6.07, 6.45) is -2.79. The predicted octanol–water partition coefficient (Wildman–Crippen LogP) is 4.70. The zero-order valence-electron chi connectivity index (χ0n) is 17.8. The van der Waals surface area contributed by atoms with E-state index in [1.165, 1.54) is 13.2 Å². The number of benzene rings is 2. The molecule has 3 aromatic rings. The monoisotopic (exact) mass is 466 g/mol.